The number of carbonyl (C=O) groups excluding carboxylic acids is 2. The van der Waals surface area contributed by atoms with E-state index < -0.39 is 5.91 Å². The third-order valence-corrected chi connectivity index (χ3v) is 4.62. The highest BCUT2D eigenvalue weighted by atomic mass is 32.2. The highest BCUT2D eigenvalue weighted by Crippen LogP contribution is 2.20. The van der Waals surface area contributed by atoms with Gasteiger partial charge in [-0.2, -0.15) is 0 Å². The molecule has 1 aromatic carbocycles. The van der Waals surface area contributed by atoms with Crippen LogP contribution in [-0.2, 0) is 11.8 Å². The fourth-order valence-electron chi connectivity index (χ4n) is 2.20. The van der Waals surface area contributed by atoms with E-state index in [0.717, 1.165) is 5.16 Å². The molecule has 3 N–H and O–H groups in total. The maximum absolute atomic E-state index is 12.2. The number of carbonyl (C=O) groups is 2. The molecule has 0 aliphatic rings. The van der Waals surface area contributed by atoms with Crippen molar-refractivity contribution >= 4 is 35.1 Å². The topological polar surface area (TPSA) is 109 Å². The maximum Gasteiger partial charge on any atom is 0.256 e. The van der Waals surface area contributed by atoms with Crippen LogP contribution in [-0.4, -0.2) is 37.2 Å². The molecule has 0 saturated carbocycles. The van der Waals surface area contributed by atoms with Crippen LogP contribution in [0.5, 0.6) is 5.75 Å². The number of benzene rings is 1. The zero-order valence-electron chi connectivity index (χ0n) is 14.4. The van der Waals surface area contributed by atoms with Gasteiger partial charge < -0.3 is 20.3 Å². The van der Waals surface area contributed by atoms with Crippen molar-refractivity contribution in [2.45, 2.75) is 5.16 Å². The average molecular weight is 383 g/mol. The Labute approximate surface area is 159 Å². The summed E-state index contributed by atoms with van der Waals surface area (Å²) >= 11 is 1.34. The minimum absolute atomic E-state index is 0.0891. The van der Waals surface area contributed by atoms with Crippen molar-refractivity contribution in [1.29, 1.82) is 0 Å². The highest BCUT2D eigenvalue weighted by Gasteiger charge is 2.11. The van der Waals surface area contributed by atoms with E-state index in [1.807, 2.05) is 17.8 Å². The zero-order chi connectivity index (χ0) is 19.2. The quantitative estimate of drug-likeness (QED) is 0.564. The lowest BCUT2D eigenvalue weighted by atomic mass is 10.2. The Morgan fingerprint density at radius 3 is 2.56 bits per heavy atom. The van der Waals surface area contributed by atoms with Crippen molar-refractivity contribution in [2.24, 2.45) is 7.05 Å². The molecular weight excluding hydrogens is 366 g/mol. The normalized spacial score (nSPS) is 10.4. The van der Waals surface area contributed by atoms with Crippen molar-refractivity contribution in [3.8, 4) is 5.75 Å². The Hall–Kier alpha value is -3.33. The summed E-state index contributed by atoms with van der Waals surface area (Å²) in [4.78, 5) is 32.3. The molecule has 0 saturated heterocycles. The maximum atomic E-state index is 12.2. The fraction of sp³-hybridized carbons (Fsp3) is 0.111. The first-order chi connectivity index (χ1) is 13.0. The standard InChI is InChI=1S/C18H17N5O3S/c1-23-10-9-20-18(23)27-11-15(25)21-13-6-4-12(5-7-13)17(26)22-16-14(24)3-2-8-19-16/h2-10,24H,11H2,1H3,(H,21,25)(H,19,22,26). The number of rotatable bonds is 6. The number of aromatic hydroxyl groups is 1. The molecule has 0 atom stereocenters. The lowest BCUT2D eigenvalue weighted by Crippen LogP contribution is -2.15. The second kappa shape index (κ2) is 8.37. The fourth-order valence-corrected chi connectivity index (χ4v) is 2.93. The van der Waals surface area contributed by atoms with Crippen LogP contribution in [0.4, 0.5) is 11.5 Å². The molecule has 2 aromatic heterocycles. The Balaban J connectivity index is 1.55. The molecule has 27 heavy (non-hydrogen) atoms. The van der Waals surface area contributed by atoms with Gasteiger partial charge in [-0.15, -0.1) is 0 Å². The third kappa shape index (κ3) is 4.85. The summed E-state index contributed by atoms with van der Waals surface area (Å²) in [5.74, 6) is -0.372. The third-order valence-electron chi connectivity index (χ3n) is 3.56. The van der Waals surface area contributed by atoms with Crippen molar-refractivity contribution in [2.75, 3.05) is 16.4 Å². The highest BCUT2D eigenvalue weighted by molar-refractivity contribution is 7.99. The number of thioether (sulfide) groups is 1. The number of pyridine rings is 1. The molecule has 138 valence electrons. The number of nitrogens with one attached hydrogen (secondary N) is 2. The van der Waals surface area contributed by atoms with E-state index in [4.69, 9.17) is 0 Å². The second-order valence-corrected chi connectivity index (χ2v) is 6.50. The van der Waals surface area contributed by atoms with Gasteiger partial charge in [-0.25, -0.2) is 9.97 Å². The molecule has 8 nitrogen and oxygen atoms in total. The molecular formula is C18H17N5O3S. The van der Waals surface area contributed by atoms with Crippen molar-refractivity contribution in [3.05, 3.63) is 60.6 Å². The molecule has 0 fully saturated rings. The van der Waals surface area contributed by atoms with Gasteiger partial charge in [-0.3, -0.25) is 9.59 Å². The zero-order valence-corrected chi connectivity index (χ0v) is 15.2. The van der Waals surface area contributed by atoms with Crippen LogP contribution in [0.2, 0.25) is 0 Å². The smallest absolute Gasteiger partial charge is 0.256 e. The van der Waals surface area contributed by atoms with Crippen LogP contribution in [0.25, 0.3) is 0 Å². The Morgan fingerprint density at radius 2 is 1.89 bits per heavy atom. The molecule has 0 bridgehead atoms. The Bertz CT molecular complexity index is 956. The monoisotopic (exact) mass is 383 g/mol. The molecule has 0 aliphatic heterocycles. The van der Waals surface area contributed by atoms with Crippen LogP contribution in [0.15, 0.2) is 60.1 Å². The summed E-state index contributed by atoms with van der Waals surface area (Å²) in [5.41, 5.74) is 0.957. The molecule has 3 aromatic rings. The summed E-state index contributed by atoms with van der Waals surface area (Å²) in [6.45, 7) is 0. The average Bonchev–Trinajstić information content (AvgIpc) is 3.07. The molecule has 2 amide bonds. The summed E-state index contributed by atoms with van der Waals surface area (Å²) in [5, 5.41) is 15.7. The van der Waals surface area contributed by atoms with E-state index in [1.165, 1.54) is 24.0 Å². The van der Waals surface area contributed by atoms with Gasteiger partial charge in [-0.05, 0) is 36.4 Å². The molecule has 9 heteroatoms. The van der Waals surface area contributed by atoms with Crippen molar-refractivity contribution in [3.63, 3.8) is 0 Å². The van der Waals surface area contributed by atoms with Crippen molar-refractivity contribution < 1.29 is 14.7 Å². The van der Waals surface area contributed by atoms with Crippen LogP contribution in [0, 0.1) is 0 Å². The van der Waals surface area contributed by atoms with Gasteiger partial charge in [0.2, 0.25) is 5.91 Å². The molecule has 3 rings (SSSR count). The van der Waals surface area contributed by atoms with Crippen LogP contribution in [0.1, 0.15) is 10.4 Å². The van der Waals surface area contributed by atoms with E-state index >= 15 is 0 Å². The van der Waals surface area contributed by atoms with Gasteiger partial charge in [0.15, 0.2) is 16.7 Å². The minimum Gasteiger partial charge on any atom is -0.504 e. The summed E-state index contributed by atoms with van der Waals surface area (Å²) in [6.07, 6.45) is 4.96. The molecule has 0 unspecified atom stereocenters. The molecule has 0 radical (unpaired) electrons. The minimum atomic E-state index is -0.410. The summed E-state index contributed by atoms with van der Waals surface area (Å²) < 4.78 is 1.84. The Kier molecular flexibility index (Phi) is 5.72. The van der Waals surface area contributed by atoms with Gasteiger partial charge in [0.25, 0.3) is 5.91 Å². The SMILES string of the molecule is Cn1ccnc1SCC(=O)Nc1ccc(C(=O)Nc2ncccc2O)cc1. The first-order valence-electron chi connectivity index (χ1n) is 7.98. The van der Waals surface area contributed by atoms with E-state index in [2.05, 4.69) is 20.6 Å². The lowest BCUT2D eigenvalue weighted by molar-refractivity contribution is -0.113. The summed E-state index contributed by atoms with van der Waals surface area (Å²) in [6, 6.07) is 9.43. The van der Waals surface area contributed by atoms with Gasteiger partial charge in [-0.1, -0.05) is 11.8 Å². The van der Waals surface area contributed by atoms with Crippen LogP contribution in [0.3, 0.4) is 0 Å². The number of anilines is 2. The number of amides is 2. The first kappa shape index (κ1) is 18.5. The Morgan fingerprint density at radius 1 is 1.11 bits per heavy atom. The number of hydrogen-bond acceptors (Lipinski definition) is 6. The number of imidazole rings is 1. The van der Waals surface area contributed by atoms with E-state index in [9.17, 15) is 14.7 Å². The second-order valence-electron chi connectivity index (χ2n) is 5.56. The van der Waals surface area contributed by atoms with Gasteiger partial charge >= 0.3 is 0 Å². The van der Waals surface area contributed by atoms with Crippen LogP contribution >= 0.6 is 11.8 Å². The summed E-state index contributed by atoms with van der Waals surface area (Å²) in [7, 11) is 1.86. The molecule has 2 heterocycles. The first-order valence-corrected chi connectivity index (χ1v) is 8.97. The van der Waals surface area contributed by atoms with E-state index in [0.29, 0.717) is 11.3 Å². The number of aromatic nitrogens is 3. The number of nitrogens with zero attached hydrogens (tertiary/aromatic N) is 3. The number of hydrogen-bond donors (Lipinski definition) is 3. The predicted molar refractivity (Wildman–Crippen MR) is 103 cm³/mol. The van der Waals surface area contributed by atoms with Gasteiger partial charge in [0.1, 0.15) is 0 Å². The van der Waals surface area contributed by atoms with Crippen LogP contribution < -0.4 is 10.6 Å². The lowest BCUT2D eigenvalue weighted by Gasteiger charge is -2.08. The molecule has 0 spiro atoms. The molecule has 0 aliphatic carbocycles. The van der Waals surface area contributed by atoms with Crippen molar-refractivity contribution in [1.82, 2.24) is 14.5 Å². The van der Waals surface area contributed by atoms with E-state index in [1.54, 1.807) is 36.5 Å². The van der Waals surface area contributed by atoms with Gasteiger partial charge in [0, 0.05) is 36.9 Å². The largest absolute Gasteiger partial charge is 0.504 e. The van der Waals surface area contributed by atoms with Gasteiger partial charge in [0.05, 0.1) is 5.75 Å². The predicted octanol–water partition coefficient (Wildman–Crippen LogP) is 2.50. The van der Waals surface area contributed by atoms with E-state index in [-0.39, 0.29) is 23.2 Å². The number of aryl methyl sites for hydroxylation is 1.